The lowest BCUT2D eigenvalue weighted by atomic mass is 9.78. The number of carboxylic acids is 1. The van der Waals surface area contributed by atoms with E-state index in [-0.39, 0.29) is 5.92 Å². The van der Waals surface area contributed by atoms with Crippen molar-refractivity contribution < 1.29 is 9.90 Å². The number of carbonyl (C=O) groups is 1. The molecule has 3 rings (SSSR count). The Balaban J connectivity index is 1.85. The largest absolute Gasteiger partial charge is 0.481 e. The van der Waals surface area contributed by atoms with E-state index in [1.807, 2.05) is 18.2 Å². The Morgan fingerprint density at radius 3 is 2.68 bits per heavy atom. The number of hydrogen-bond donors (Lipinski definition) is 3. The number of rotatable bonds is 2. The summed E-state index contributed by atoms with van der Waals surface area (Å²) in [6, 6.07) is 5.89. The molecule has 1 heterocycles. The van der Waals surface area contributed by atoms with E-state index in [1.165, 1.54) is 10.9 Å². The molecule has 4 heteroatoms. The van der Waals surface area contributed by atoms with Gasteiger partial charge in [0.2, 0.25) is 0 Å². The molecule has 0 radical (unpaired) electrons. The zero-order valence-corrected chi connectivity index (χ0v) is 10.7. The van der Waals surface area contributed by atoms with E-state index >= 15 is 0 Å². The number of benzene rings is 1. The molecule has 1 aromatic carbocycles. The number of aromatic nitrogens is 1. The fourth-order valence-electron chi connectivity index (χ4n) is 3.15. The van der Waals surface area contributed by atoms with Gasteiger partial charge in [-0.25, -0.2) is 0 Å². The van der Waals surface area contributed by atoms with Crippen LogP contribution in [0, 0.1) is 5.92 Å². The number of nitrogens with one attached hydrogen (secondary N) is 1. The van der Waals surface area contributed by atoms with E-state index in [9.17, 15) is 4.79 Å². The molecule has 19 heavy (non-hydrogen) atoms. The van der Waals surface area contributed by atoms with E-state index in [4.69, 9.17) is 10.8 Å². The summed E-state index contributed by atoms with van der Waals surface area (Å²) in [7, 11) is 0. The molecule has 1 aliphatic carbocycles. The van der Waals surface area contributed by atoms with E-state index in [2.05, 4.69) is 11.2 Å². The highest BCUT2D eigenvalue weighted by Gasteiger charge is 2.27. The molecule has 4 nitrogen and oxygen atoms in total. The molecule has 0 amide bonds. The number of nitrogens with two attached hydrogens (primary N) is 1. The summed E-state index contributed by atoms with van der Waals surface area (Å²) in [4.78, 5) is 14.3. The fraction of sp³-hybridized carbons (Fsp3) is 0.400. The van der Waals surface area contributed by atoms with Crippen molar-refractivity contribution in [3.8, 4) is 0 Å². The minimum Gasteiger partial charge on any atom is -0.481 e. The summed E-state index contributed by atoms with van der Waals surface area (Å²) in [6.07, 6.45) is 5.48. The maximum atomic E-state index is 11.0. The van der Waals surface area contributed by atoms with E-state index in [0.717, 1.165) is 36.9 Å². The summed E-state index contributed by atoms with van der Waals surface area (Å²) in [5.41, 5.74) is 9.01. The maximum absolute atomic E-state index is 11.0. The monoisotopic (exact) mass is 258 g/mol. The molecule has 0 unspecified atom stereocenters. The summed E-state index contributed by atoms with van der Waals surface area (Å²) in [5, 5.41) is 10.2. The number of aliphatic carboxylic acids is 1. The topological polar surface area (TPSA) is 79.1 Å². The standard InChI is InChI=1S/C15H18N2O2/c16-11-5-6-14-12(7-11)13(8-17-14)9-1-3-10(4-2-9)15(18)19/h5-10,17H,1-4,16H2,(H,18,19). The fourth-order valence-corrected chi connectivity index (χ4v) is 3.15. The number of carboxylic acid groups (broad SMARTS) is 1. The van der Waals surface area contributed by atoms with E-state index < -0.39 is 5.97 Å². The zero-order valence-electron chi connectivity index (χ0n) is 10.7. The van der Waals surface area contributed by atoms with Crippen LogP contribution in [0.15, 0.2) is 24.4 Å². The molecule has 4 N–H and O–H groups in total. The Hall–Kier alpha value is -1.97. The highest BCUT2D eigenvalue weighted by atomic mass is 16.4. The number of anilines is 1. The third kappa shape index (κ3) is 2.18. The molecule has 2 aromatic rings. The maximum Gasteiger partial charge on any atom is 0.306 e. The Morgan fingerprint density at radius 2 is 2.00 bits per heavy atom. The minimum absolute atomic E-state index is 0.161. The van der Waals surface area contributed by atoms with Gasteiger partial charge in [-0.3, -0.25) is 4.79 Å². The first-order chi connectivity index (χ1) is 9.15. The molecular formula is C15H18N2O2. The van der Waals surface area contributed by atoms with Crippen LogP contribution in [-0.2, 0) is 4.79 Å². The van der Waals surface area contributed by atoms with Crippen molar-refractivity contribution in [3.63, 3.8) is 0 Å². The number of fused-ring (bicyclic) bond motifs is 1. The molecule has 0 saturated heterocycles. The van der Waals surface area contributed by atoms with Crippen molar-refractivity contribution in [1.29, 1.82) is 0 Å². The molecule has 1 fully saturated rings. The minimum atomic E-state index is -0.651. The van der Waals surface area contributed by atoms with E-state index in [0.29, 0.717) is 5.92 Å². The van der Waals surface area contributed by atoms with Gasteiger partial charge in [-0.1, -0.05) is 0 Å². The van der Waals surface area contributed by atoms with Gasteiger partial charge >= 0.3 is 5.97 Å². The molecule has 1 saturated carbocycles. The quantitative estimate of drug-likeness (QED) is 0.724. The second-order valence-electron chi connectivity index (χ2n) is 5.44. The van der Waals surface area contributed by atoms with Crippen molar-refractivity contribution in [2.45, 2.75) is 31.6 Å². The van der Waals surface area contributed by atoms with Gasteiger partial charge in [0.1, 0.15) is 0 Å². The van der Waals surface area contributed by atoms with Gasteiger partial charge in [0.25, 0.3) is 0 Å². The molecule has 0 aliphatic heterocycles. The van der Waals surface area contributed by atoms with Crippen LogP contribution in [0.5, 0.6) is 0 Å². The summed E-state index contributed by atoms with van der Waals surface area (Å²) >= 11 is 0. The van der Waals surface area contributed by atoms with Crippen LogP contribution in [0.1, 0.15) is 37.2 Å². The van der Waals surface area contributed by atoms with Crippen molar-refractivity contribution in [2.24, 2.45) is 5.92 Å². The van der Waals surface area contributed by atoms with Crippen LogP contribution in [0.25, 0.3) is 10.9 Å². The molecular weight excluding hydrogens is 240 g/mol. The highest BCUT2D eigenvalue weighted by Crippen LogP contribution is 2.39. The predicted octanol–water partition coefficient (Wildman–Crippen LogP) is 3.11. The van der Waals surface area contributed by atoms with Gasteiger partial charge in [0.05, 0.1) is 5.92 Å². The van der Waals surface area contributed by atoms with Crippen LogP contribution in [-0.4, -0.2) is 16.1 Å². The number of hydrogen-bond acceptors (Lipinski definition) is 2. The highest BCUT2D eigenvalue weighted by molar-refractivity contribution is 5.86. The number of nitrogen functional groups attached to an aromatic ring is 1. The van der Waals surface area contributed by atoms with E-state index in [1.54, 1.807) is 0 Å². The van der Waals surface area contributed by atoms with Crippen LogP contribution >= 0.6 is 0 Å². The third-order valence-corrected chi connectivity index (χ3v) is 4.25. The van der Waals surface area contributed by atoms with Crippen LogP contribution < -0.4 is 5.73 Å². The Labute approximate surface area is 111 Å². The first-order valence-electron chi connectivity index (χ1n) is 6.74. The normalized spacial score (nSPS) is 23.6. The summed E-state index contributed by atoms with van der Waals surface area (Å²) < 4.78 is 0. The average molecular weight is 258 g/mol. The Bertz CT molecular complexity index is 610. The van der Waals surface area contributed by atoms with Gasteiger partial charge in [0, 0.05) is 22.8 Å². The molecule has 0 atom stereocenters. The number of aromatic amines is 1. The molecule has 0 bridgehead atoms. The van der Waals surface area contributed by atoms with Crippen molar-refractivity contribution >= 4 is 22.6 Å². The SMILES string of the molecule is Nc1ccc2[nH]cc(C3CCC(C(=O)O)CC3)c2c1. The van der Waals surface area contributed by atoms with Gasteiger partial charge < -0.3 is 15.8 Å². The van der Waals surface area contributed by atoms with Gasteiger partial charge in [-0.05, 0) is 55.4 Å². The van der Waals surface area contributed by atoms with Crippen LogP contribution in [0.3, 0.4) is 0 Å². The molecule has 1 aliphatic rings. The second kappa shape index (κ2) is 4.61. The predicted molar refractivity (Wildman–Crippen MR) is 75.0 cm³/mol. The first kappa shape index (κ1) is 12.1. The van der Waals surface area contributed by atoms with Crippen LogP contribution in [0.4, 0.5) is 5.69 Å². The first-order valence-corrected chi connectivity index (χ1v) is 6.74. The van der Waals surface area contributed by atoms with Gasteiger partial charge in [-0.2, -0.15) is 0 Å². The van der Waals surface area contributed by atoms with Crippen LogP contribution in [0.2, 0.25) is 0 Å². The van der Waals surface area contributed by atoms with Gasteiger partial charge in [-0.15, -0.1) is 0 Å². The molecule has 1 aromatic heterocycles. The Kier molecular flexibility index (Phi) is 2.93. The lowest BCUT2D eigenvalue weighted by Crippen LogP contribution is -2.20. The van der Waals surface area contributed by atoms with Crippen molar-refractivity contribution in [1.82, 2.24) is 4.98 Å². The Morgan fingerprint density at radius 1 is 1.26 bits per heavy atom. The summed E-state index contributed by atoms with van der Waals surface area (Å²) in [5.74, 6) is -0.362. The lowest BCUT2D eigenvalue weighted by molar-refractivity contribution is -0.142. The smallest absolute Gasteiger partial charge is 0.306 e. The summed E-state index contributed by atoms with van der Waals surface area (Å²) in [6.45, 7) is 0. The van der Waals surface area contributed by atoms with Crippen molar-refractivity contribution in [3.05, 3.63) is 30.0 Å². The second-order valence-corrected chi connectivity index (χ2v) is 5.44. The molecule has 100 valence electrons. The number of H-pyrrole nitrogens is 1. The lowest BCUT2D eigenvalue weighted by Gasteiger charge is -2.25. The third-order valence-electron chi connectivity index (χ3n) is 4.25. The zero-order chi connectivity index (χ0) is 13.4. The molecule has 0 spiro atoms. The van der Waals surface area contributed by atoms with Crippen molar-refractivity contribution in [2.75, 3.05) is 5.73 Å². The van der Waals surface area contributed by atoms with Gasteiger partial charge in [0.15, 0.2) is 0 Å². The average Bonchev–Trinajstić information content (AvgIpc) is 2.81.